The molecule has 1 aromatic rings. The van der Waals surface area contributed by atoms with Gasteiger partial charge in [-0.05, 0) is 25.5 Å². The fraction of sp³-hybridized carbons (Fsp3) is 0.579. The van der Waals surface area contributed by atoms with E-state index in [1.807, 2.05) is 30.3 Å². The maximum atomic E-state index is 12.3. The topological polar surface area (TPSA) is 59.8 Å². The molecule has 0 atom stereocenters. The van der Waals surface area contributed by atoms with Gasteiger partial charge in [-0.3, -0.25) is 4.90 Å². The summed E-state index contributed by atoms with van der Waals surface area (Å²) in [7, 11) is 2.10. The molecule has 2 aliphatic rings. The van der Waals surface area contributed by atoms with E-state index < -0.39 is 0 Å². The molecule has 0 bridgehead atoms. The minimum absolute atomic E-state index is 0.266. The Bertz CT molecular complexity index is 612. The highest BCUT2D eigenvalue weighted by atomic mass is 16.6. The number of benzene rings is 1. The highest BCUT2D eigenvalue weighted by molar-refractivity contribution is 5.67. The van der Waals surface area contributed by atoms with Gasteiger partial charge in [0.05, 0.1) is 6.07 Å². The van der Waals surface area contributed by atoms with E-state index in [0.717, 1.165) is 44.6 Å². The SMILES string of the molecule is CN1CCC(C#N)(N2CCN(C(=O)OCc3ccccc3)CC2)CC1. The fourth-order valence-electron chi connectivity index (χ4n) is 3.61. The maximum absolute atomic E-state index is 12.3. The van der Waals surface area contributed by atoms with Crippen LogP contribution in [0.1, 0.15) is 18.4 Å². The monoisotopic (exact) mass is 342 g/mol. The number of hydrogen-bond donors (Lipinski definition) is 0. The van der Waals surface area contributed by atoms with Gasteiger partial charge in [0, 0.05) is 39.3 Å². The number of nitrogens with zero attached hydrogens (tertiary/aromatic N) is 4. The summed E-state index contributed by atoms with van der Waals surface area (Å²) in [6.45, 7) is 4.91. The highest BCUT2D eigenvalue weighted by Gasteiger charge is 2.41. The van der Waals surface area contributed by atoms with E-state index in [1.54, 1.807) is 4.90 Å². The normalized spacial score (nSPS) is 21.5. The Hall–Kier alpha value is -2.10. The molecule has 2 saturated heterocycles. The van der Waals surface area contributed by atoms with Crippen LogP contribution in [-0.4, -0.2) is 72.6 Å². The van der Waals surface area contributed by atoms with E-state index in [-0.39, 0.29) is 11.6 Å². The van der Waals surface area contributed by atoms with Crippen molar-refractivity contribution in [3.05, 3.63) is 35.9 Å². The predicted molar refractivity (Wildman–Crippen MR) is 94.8 cm³/mol. The Morgan fingerprint density at radius 1 is 1.12 bits per heavy atom. The second kappa shape index (κ2) is 7.85. The fourth-order valence-corrected chi connectivity index (χ4v) is 3.61. The zero-order valence-corrected chi connectivity index (χ0v) is 14.9. The van der Waals surface area contributed by atoms with Crippen molar-refractivity contribution in [2.24, 2.45) is 0 Å². The molecular formula is C19H26N4O2. The molecule has 0 unspecified atom stereocenters. The molecule has 0 aromatic heterocycles. The van der Waals surface area contributed by atoms with E-state index in [2.05, 4.69) is 22.9 Å². The van der Waals surface area contributed by atoms with Gasteiger partial charge in [-0.25, -0.2) is 4.79 Å². The van der Waals surface area contributed by atoms with Crippen LogP contribution >= 0.6 is 0 Å². The number of piperidine rings is 1. The number of nitriles is 1. The maximum Gasteiger partial charge on any atom is 0.410 e. The van der Waals surface area contributed by atoms with Crippen molar-refractivity contribution in [1.29, 1.82) is 5.26 Å². The van der Waals surface area contributed by atoms with E-state index in [4.69, 9.17) is 4.74 Å². The summed E-state index contributed by atoms with van der Waals surface area (Å²) >= 11 is 0. The first-order chi connectivity index (χ1) is 12.1. The van der Waals surface area contributed by atoms with Crippen LogP contribution in [0.5, 0.6) is 0 Å². The van der Waals surface area contributed by atoms with Crippen molar-refractivity contribution in [3.8, 4) is 6.07 Å². The van der Waals surface area contributed by atoms with Gasteiger partial charge < -0.3 is 14.5 Å². The van der Waals surface area contributed by atoms with Crippen LogP contribution < -0.4 is 0 Å². The number of carbonyl (C=O) groups excluding carboxylic acids is 1. The highest BCUT2D eigenvalue weighted by Crippen LogP contribution is 2.29. The number of amides is 1. The Labute approximate surface area is 149 Å². The molecule has 2 heterocycles. The molecule has 2 fully saturated rings. The van der Waals surface area contributed by atoms with Crippen molar-refractivity contribution in [2.75, 3.05) is 46.3 Å². The Kier molecular flexibility index (Phi) is 5.57. The molecule has 1 aromatic carbocycles. The van der Waals surface area contributed by atoms with Crippen molar-refractivity contribution >= 4 is 6.09 Å². The van der Waals surface area contributed by atoms with Crippen molar-refractivity contribution in [2.45, 2.75) is 25.0 Å². The molecule has 0 aliphatic carbocycles. The van der Waals surface area contributed by atoms with Crippen molar-refractivity contribution < 1.29 is 9.53 Å². The third kappa shape index (κ3) is 4.12. The van der Waals surface area contributed by atoms with Crippen LogP contribution in [0.4, 0.5) is 4.79 Å². The lowest BCUT2D eigenvalue weighted by Crippen LogP contribution is -2.60. The molecule has 25 heavy (non-hydrogen) atoms. The Morgan fingerprint density at radius 2 is 1.76 bits per heavy atom. The third-order valence-electron chi connectivity index (χ3n) is 5.37. The lowest BCUT2D eigenvalue weighted by atomic mass is 9.86. The van der Waals surface area contributed by atoms with Gasteiger partial charge in [0.15, 0.2) is 0 Å². The van der Waals surface area contributed by atoms with Gasteiger partial charge in [0.2, 0.25) is 0 Å². The third-order valence-corrected chi connectivity index (χ3v) is 5.37. The first kappa shape index (κ1) is 17.7. The Balaban J connectivity index is 1.49. The van der Waals surface area contributed by atoms with Crippen molar-refractivity contribution in [3.63, 3.8) is 0 Å². The lowest BCUT2D eigenvalue weighted by Gasteiger charge is -2.46. The number of piperazine rings is 1. The number of carbonyl (C=O) groups is 1. The van der Waals surface area contributed by atoms with Gasteiger partial charge in [-0.1, -0.05) is 30.3 Å². The Morgan fingerprint density at radius 3 is 2.36 bits per heavy atom. The molecule has 0 saturated carbocycles. The second-order valence-corrected chi connectivity index (χ2v) is 6.96. The number of ether oxygens (including phenoxy) is 1. The van der Waals surface area contributed by atoms with E-state index in [9.17, 15) is 10.1 Å². The van der Waals surface area contributed by atoms with Gasteiger partial charge in [0.25, 0.3) is 0 Å². The van der Waals surface area contributed by atoms with Crippen LogP contribution in [0.25, 0.3) is 0 Å². The molecule has 134 valence electrons. The summed E-state index contributed by atoms with van der Waals surface area (Å²) in [4.78, 5) is 18.5. The number of likely N-dealkylation sites (tertiary alicyclic amines) is 1. The molecule has 3 rings (SSSR count). The molecular weight excluding hydrogens is 316 g/mol. The smallest absolute Gasteiger partial charge is 0.410 e. The summed E-state index contributed by atoms with van der Waals surface area (Å²) in [5.74, 6) is 0. The molecule has 6 heteroatoms. The molecule has 0 N–H and O–H groups in total. The lowest BCUT2D eigenvalue weighted by molar-refractivity contribution is 0.0201. The molecule has 6 nitrogen and oxygen atoms in total. The second-order valence-electron chi connectivity index (χ2n) is 6.96. The van der Waals surface area contributed by atoms with Crippen LogP contribution in [-0.2, 0) is 11.3 Å². The minimum atomic E-state index is -0.369. The van der Waals surface area contributed by atoms with Crippen LogP contribution in [0.2, 0.25) is 0 Å². The van der Waals surface area contributed by atoms with Crippen molar-refractivity contribution in [1.82, 2.24) is 14.7 Å². The summed E-state index contributed by atoms with van der Waals surface area (Å²) < 4.78 is 5.41. The zero-order chi connectivity index (χ0) is 17.7. The van der Waals surface area contributed by atoms with Gasteiger partial charge in [-0.2, -0.15) is 5.26 Å². The van der Waals surface area contributed by atoms with E-state index in [1.165, 1.54) is 0 Å². The summed E-state index contributed by atoms with van der Waals surface area (Å²) in [6.07, 6.45) is 1.48. The average molecular weight is 342 g/mol. The quantitative estimate of drug-likeness (QED) is 0.840. The summed E-state index contributed by atoms with van der Waals surface area (Å²) in [6, 6.07) is 12.3. The van der Waals surface area contributed by atoms with Crippen LogP contribution in [0, 0.1) is 11.3 Å². The number of rotatable bonds is 3. The summed E-state index contributed by atoms with van der Waals surface area (Å²) in [5.41, 5.74) is 0.622. The van der Waals surface area contributed by atoms with E-state index in [0.29, 0.717) is 19.7 Å². The van der Waals surface area contributed by atoms with Crippen LogP contribution in [0.15, 0.2) is 30.3 Å². The molecule has 1 amide bonds. The standard InChI is InChI=1S/C19H26N4O2/c1-21-9-7-19(16-20,8-10-21)23-13-11-22(12-14-23)18(24)25-15-17-5-3-2-4-6-17/h2-6H,7-15H2,1H3. The van der Waals surface area contributed by atoms with Crippen LogP contribution in [0.3, 0.4) is 0 Å². The predicted octanol–water partition coefficient (Wildman–Crippen LogP) is 1.93. The largest absolute Gasteiger partial charge is 0.445 e. The van der Waals surface area contributed by atoms with E-state index >= 15 is 0 Å². The molecule has 0 radical (unpaired) electrons. The number of hydrogen-bond acceptors (Lipinski definition) is 5. The minimum Gasteiger partial charge on any atom is -0.445 e. The first-order valence-corrected chi connectivity index (χ1v) is 8.93. The average Bonchev–Trinajstić information content (AvgIpc) is 2.68. The van der Waals surface area contributed by atoms with Gasteiger partial charge in [-0.15, -0.1) is 0 Å². The molecule has 0 spiro atoms. The first-order valence-electron chi connectivity index (χ1n) is 8.93. The van der Waals surface area contributed by atoms with Gasteiger partial charge >= 0.3 is 6.09 Å². The summed E-state index contributed by atoms with van der Waals surface area (Å²) in [5, 5.41) is 9.75. The van der Waals surface area contributed by atoms with Gasteiger partial charge in [0.1, 0.15) is 12.1 Å². The zero-order valence-electron chi connectivity index (χ0n) is 14.9. The molecule has 2 aliphatic heterocycles.